The van der Waals surface area contributed by atoms with Crippen molar-refractivity contribution in [2.75, 3.05) is 6.61 Å². The highest BCUT2D eigenvalue weighted by Crippen LogP contribution is 2.32. The lowest BCUT2D eigenvalue weighted by Crippen LogP contribution is -2.23. The van der Waals surface area contributed by atoms with Gasteiger partial charge in [-0.25, -0.2) is 18.1 Å². The number of thiazole rings is 1. The molecule has 4 aromatic rings. The van der Waals surface area contributed by atoms with Crippen molar-refractivity contribution in [1.29, 1.82) is 0 Å². The van der Waals surface area contributed by atoms with Crippen LogP contribution in [0.5, 0.6) is 5.75 Å². The summed E-state index contributed by atoms with van der Waals surface area (Å²) in [5, 5.41) is 2.77. The van der Waals surface area contributed by atoms with Crippen molar-refractivity contribution in [3.05, 3.63) is 77.3 Å². The van der Waals surface area contributed by atoms with Crippen molar-refractivity contribution in [3.63, 3.8) is 0 Å². The molecule has 2 aromatic carbocycles. The molecular formula is C24H25N3O3S2. The average Bonchev–Trinajstić information content (AvgIpc) is 3.40. The summed E-state index contributed by atoms with van der Waals surface area (Å²) < 4.78 is 36.1. The second-order valence-electron chi connectivity index (χ2n) is 7.34. The van der Waals surface area contributed by atoms with Gasteiger partial charge < -0.3 is 9.30 Å². The van der Waals surface area contributed by atoms with Crippen LogP contribution in [0.1, 0.15) is 18.2 Å². The molecule has 0 amide bonds. The summed E-state index contributed by atoms with van der Waals surface area (Å²) in [5.74, 6) is 0.765. The third-order valence-electron chi connectivity index (χ3n) is 5.27. The second kappa shape index (κ2) is 9.28. The van der Waals surface area contributed by atoms with E-state index >= 15 is 0 Å². The smallest absolute Gasteiger partial charge is 0.242 e. The highest BCUT2D eigenvalue weighted by atomic mass is 32.2. The normalized spacial score (nSPS) is 11.6. The maximum absolute atomic E-state index is 13.1. The van der Waals surface area contributed by atoms with Crippen LogP contribution in [-0.4, -0.2) is 24.6 Å². The number of nitrogens with zero attached hydrogens (tertiary/aromatic N) is 2. The van der Waals surface area contributed by atoms with E-state index in [4.69, 9.17) is 9.72 Å². The zero-order chi connectivity index (χ0) is 22.7. The summed E-state index contributed by atoms with van der Waals surface area (Å²) in [6.45, 7) is 4.52. The Hall–Kier alpha value is -2.94. The minimum atomic E-state index is -3.69. The van der Waals surface area contributed by atoms with Gasteiger partial charge in [0.15, 0.2) is 0 Å². The molecule has 0 atom stereocenters. The first-order chi connectivity index (χ1) is 15.4. The van der Waals surface area contributed by atoms with Gasteiger partial charge in [0.05, 0.1) is 18.0 Å². The van der Waals surface area contributed by atoms with Gasteiger partial charge >= 0.3 is 0 Å². The molecule has 0 unspecified atom stereocenters. The van der Waals surface area contributed by atoms with Gasteiger partial charge in [0.1, 0.15) is 15.7 Å². The molecular weight excluding hydrogens is 442 g/mol. The average molecular weight is 468 g/mol. The summed E-state index contributed by atoms with van der Waals surface area (Å²) >= 11 is 1.50. The maximum atomic E-state index is 13.1. The van der Waals surface area contributed by atoms with Crippen LogP contribution < -0.4 is 9.46 Å². The molecule has 2 aromatic heterocycles. The molecule has 1 N–H and O–H groups in total. The Balaban J connectivity index is 1.55. The molecule has 0 aliphatic heterocycles. The van der Waals surface area contributed by atoms with E-state index in [1.807, 2.05) is 78.5 Å². The van der Waals surface area contributed by atoms with E-state index < -0.39 is 10.0 Å². The van der Waals surface area contributed by atoms with Gasteiger partial charge in [-0.15, -0.1) is 11.3 Å². The predicted molar refractivity (Wildman–Crippen MR) is 128 cm³/mol. The molecule has 0 aliphatic carbocycles. The van der Waals surface area contributed by atoms with E-state index in [1.54, 1.807) is 13.0 Å². The largest absolute Gasteiger partial charge is 0.494 e. The van der Waals surface area contributed by atoms with Crippen LogP contribution >= 0.6 is 11.3 Å². The first-order valence-corrected chi connectivity index (χ1v) is 12.6. The third-order valence-corrected chi connectivity index (χ3v) is 7.65. The van der Waals surface area contributed by atoms with Crippen LogP contribution in [0.4, 0.5) is 0 Å². The predicted octanol–water partition coefficient (Wildman–Crippen LogP) is 5.00. The highest BCUT2D eigenvalue weighted by molar-refractivity contribution is 7.89. The van der Waals surface area contributed by atoms with E-state index in [-0.39, 0.29) is 11.4 Å². The van der Waals surface area contributed by atoms with E-state index in [1.165, 1.54) is 11.3 Å². The number of ether oxygens (including phenoxy) is 1. The standard InChI is InChI=1S/C24H25N3O3S2/c1-4-30-20-12-10-18(11-13-20)15-25-32(28,29)23-14-22(27(3)17(23)2)24-26-21(16-31-24)19-8-6-5-7-9-19/h5-14,16,25H,4,15H2,1-3H3. The fourth-order valence-corrected chi connectivity index (χ4v) is 5.59. The Morgan fingerprint density at radius 1 is 1.09 bits per heavy atom. The Morgan fingerprint density at radius 2 is 1.81 bits per heavy atom. The van der Waals surface area contributed by atoms with Crippen LogP contribution in [0.15, 0.2) is 70.9 Å². The van der Waals surface area contributed by atoms with Gasteiger partial charge in [0.25, 0.3) is 0 Å². The van der Waals surface area contributed by atoms with Crippen molar-refractivity contribution >= 4 is 21.4 Å². The number of nitrogens with one attached hydrogen (secondary N) is 1. The number of hydrogen-bond acceptors (Lipinski definition) is 5. The fourth-order valence-electron chi connectivity index (χ4n) is 3.41. The summed E-state index contributed by atoms with van der Waals surface area (Å²) in [6, 6.07) is 19.0. The monoisotopic (exact) mass is 467 g/mol. The zero-order valence-electron chi connectivity index (χ0n) is 18.2. The molecule has 8 heteroatoms. The number of rotatable bonds is 8. The lowest BCUT2D eigenvalue weighted by atomic mass is 10.2. The number of sulfonamides is 1. The second-order valence-corrected chi connectivity index (χ2v) is 9.94. The number of hydrogen-bond donors (Lipinski definition) is 1. The van der Waals surface area contributed by atoms with E-state index in [0.717, 1.165) is 33.3 Å². The van der Waals surface area contributed by atoms with Crippen molar-refractivity contribution in [1.82, 2.24) is 14.3 Å². The molecule has 166 valence electrons. The van der Waals surface area contributed by atoms with Crippen LogP contribution in [0.25, 0.3) is 22.0 Å². The molecule has 0 saturated carbocycles. The van der Waals surface area contributed by atoms with Gasteiger partial charge in [-0.2, -0.15) is 0 Å². The maximum Gasteiger partial charge on any atom is 0.242 e. The van der Waals surface area contributed by atoms with Crippen molar-refractivity contribution in [3.8, 4) is 27.7 Å². The van der Waals surface area contributed by atoms with Gasteiger partial charge in [0.2, 0.25) is 10.0 Å². The molecule has 32 heavy (non-hydrogen) atoms. The fraction of sp³-hybridized carbons (Fsp3) is 0.208. The molecule has 0 radical (unpaired) electrons. The van der Waals surface area contributed by atoms with E-state index in [2.05, 4.69) is 4.72 Å². The minimum Gasteiger partial charge on any atom is -0.494 e. The minimum absolute atomic E-state index is 0.202. The first-order valence-electron chi connectivity index (χ1n) is 10.3. The SMILES string of the molecule is CCOc1ccc(CNS(=O)(=O)c2cc(-c3nc(-c4ccccc4)cs3)n(C)c2C)cc1. The Morgan fingerprint density at radius 3 is 2.50 bits per heavy atom. The van der Waals surface area contributed by atoms with Crippen LogP contribution in [0.2, 0.25) is 0 Å². The van der Waals surface area contributed by atoms with Crippen molar-refractivity contribution < 1.29 is 13.2 Å². The van der Waals surface area contributed by atoms with Crippen LogP contribution in [-0.2, 0) is 23.6 Å². The van der Waals surface area contributed by atoms with Crippen molar-refractivity contribution in [2.24, 2.45) is 7.05 Å². The Kier molecular flexibility index (Phi) is 6.45. The third kappa shape index (κ3) is 4.62. The van der Waals surface area contributed by atoms with Crippen LogP contribution in [0, 0.1) is 6.92 Å². The summed E-state index contributed by atoms with van der Waals surface area (Å²) in [5.41, 5.74) is 4.21. The molecule has 6 nitrogen and oxygen atoms in total. The van der Waals surface area contributed by atoms with Gasteiger partial charge in [0, 0.05) is 30.2 Å². The van der Waals surface area contributed by atoms with Crippen molar-refractivity contribution in [2.45, 2.75) is 25.3 Å². The summed E-state index contributed by atoms with van der Waals surface area (Å²) in [4.78, 5) is 5.00. The lowest BCUT2D eigenvalue weighted by Gasteiger charge is -2.08. The van der Waals surface area contributed by atoms with Gasteiger partial charge in [-0.3, -0.25) is 0 Å². The van der Waals surface area contributed by atoms with E-state index in [0.29, 0.717) is 12.3 Å². The Bertz CT molecular complexity index is 1310. The first kappa shape index (κ1) is 22.3. The molecule has 0 fully saturated rings. The van der Waals surface area contributed by atoms with E-state index in [9.17, 15) is 8.42 Å². The Labute approximate surface area is 192 Å². The quantitative estimate of drug-likeness (QED) is 0.396. The summed E-state index contributed by atoms with van der Waals surface area (Å²) in [7, 11) is -1.83. The summed E-state index contributed by atoms with van der Waals surface area (Å²) in [6.07, 6.45) is 0. The lowest BCUT2D eigenvalue weighted by molar-refractivity contribution is 0.340. The topological polar surface area (TPSA) is 73.2 Å². The van der Waals surface area contributed by atoms with Gasteiger partial charge in [-0.05, 0) is 37.6 Å². The zero-order valence-corrected chi connectivity index (χ0v) is 19.8. The highest BCUT2D eigenvalue weighted by Gasteiger charge is 2.23. The molecule has 4 rings (SSSR count). The molecule has 2 heterocycles. The molecule has 0 spiro atoms. The number of aromatic nitrogens is 2. The number of benzene rings is 2. The van der Waals surface area contributed by atoms with Gasteiger partial charge in [-0.1, -0.05) is 42.5 Å². The molecule has 0 bridgehead atoms. The molecule has 0 saturated heterocycles. The molecule has 0 aliphatic rings. The van der Waals surface area contributed by atoms with Crippen LogP contribution in [0.3, 0.4) is 0 Å².